The summed E-state index contributed by atoms with van der Waals surface area (Å²) in [5.74, 6) is 0.851. The molecule has 0 bridgehead atoms. The number of hydrogen-bond donors (Lipinski definition) is 1. The van der Waals surface area contributed by atoms with Crippen molar-refractivity contribution in [2.75, 3.05) is 13.2 Å². The molecule has 0 fully saturated rings. The molecule has 0 aliphatic carbocycles. The molecule has 0 aliphatic heterocycles. The molecule has 0 saturated heterocycles. The number of ether oxygens (including phenoxy) is 1. The third-order valence-corrected chi connectivity index (χ3v) is 1.80. The molecule has 0 amide bonds. The van der Waals surface area contributed by atoms with Crippen molar-refractivity contribution >= 4 is 0 Å². The van der Waals surface area contributed by atoms with Gasteiger partial charge in [0.1, 0.15) is 5.75 Å². The van der Waals surface area contributed by atoms with Crippen molar-refractivity contribution in [3.63, 3.8) is 0 Å². The Balaban J connectivity index is 2.44. The largest absolute Gasteiger partial charge is 0.493 e. The maximum Gasteiger partial charge on any atom is 0.119 e. The van der Waals surface area contributed by atoms with E-state index in [4.69, 9.17) is 9.84 Å². The summed E-state index contributed by atoms with van der Waals surface area (Å²) in [5.41, 5.74) is -0.171. The van der Waals surface area contributed by atoms with E-state index >= 15 is 0 Å². The maximum atomic E-state index is 8.99. The zero-order chi connectivity index (χ0) is 9.73. The SMILES string of the molecule is CC(C)(CO)COc1ccccc1. The molecular weight excluding hydrogens is 164 g/mol. The van der Waals surface area contributed by atoms with E-state index in [1.165, 1.54) is 0 Å². The van der Waals surface area contributed by atoms with Gasteiger partial charge in [0.05, 0.1) is 13.2 Å². The molecule has 0 saturated carbocycles. The fourth-order valence-electron chi connectivity index (χ4n) is 0.841. The Hall–Kier alpha value is -1.02. The van der Waals surface area contributed by atoms with Gasteiger partial charge in [-0.25, -0.2) is 0 Å². The summed E-state index contributed by atoms with van der Waals surface area (Å²) in [6.45, 7) is 4.61. The average molecular weight is 180 g/mol. The molecule has 0 aromatic heterocycles. The Kier molecular flexibility index (Phi) is 3.32. The number of aliphatic hydroxyl groups is 1. The lowest BCUT2D eigenvalue weighted by Crippen LogP contribution is -2.25. The Labute approximate surface area is 79.2 Å². The van der Waals surface area contributed by atoms with Crippen molar-refractivity contribution in [3.8, 4) is 5.75 Å². The molecule has 1 aromatic carbocycles. The molecule has 0 heterocycles. The zero-order valence-electron chi connectivity index (χ0n) is 8.16. The number of benzene rings is 1. The fraction of sp³-hybridized carbons (Fsp3) is 0.455. The second kappa shape index (κ2) is 4.28. The van der Waals surface area contributed by atoms with Crippen molar-refractivity contribution in [2.45, 2.75) is 13.8 Å². The van der Waals surface area contributed by atoms with Gasteiger partial charge in [0.2, 0.25) is 0 Å². The Morgan fingerprint density at radius 3 is 2.38 bits per heavy atom. The van der Waals surface area contributed by atoms with Gasteiger partial charge in [0, 0.05) is 5.41 Å². The fourth-order valence-corrected chi connectivity index (χ4v) is 0.841. The van der Waals surface area contributed by atoms with Gasteiger partial charge in [-0.05, 0) is 12.1 Å². The molecule has 2 heteroatoms. The lowest BCUT2D eigenvalue weighted by atomic mass is 9.97. The summed E-state index contributed by atoms with van der Waals surface area (Å²) < 4.78 is 5.50. The third-order valence-electron chi connectivity index (χ3n) is 1.80. The first kappa shape index (κ1) is 10.1. The standard InChI is InChI=1S/C11H16O2/c1-11(2,8-12)9-13-10-6-4-3-5-7-10/h3-7,12H,8-9H2,1-2H3. The van der Waals surface area contributed by atoms with Crippen LogP contribution < -0.4 is 4.74 Å². The number of hydrogen-bond acceptors (Lipinski definition) is 2. The van der Waals surface area contributed by atoms with E-state index in [1.54, 1.807) is 0 Å². The lowest BCUT2D eigenvalue weighted by molar-refractivity contribution is 0.0976. The van der Waals surface area contributed by atoms with Crippen LogP contribution in [0.1, 0.15) is 13.8 Å². The van der Waals surface area contributed by atoms with Crippen LogP contribution in [0.25, 0.3) is 0 Å². The Bertz CT molecular complexity index is 242. The van der Waals surface area contributed by atoms with Gasteiger partial charge in [-0.2, -0.15) is 0 Å². The number of rotatable bonds is 4. The highest BCUT2D eigenvalue weighted by atomic mass is 16.5. The van der Waals surface area contributed by atoms with E-state index in [0.717, 1.165) is 5.75 Å². The molecule has 0 unspecified atom stereocenters. The quantitative estimate of drug-likeness (QED) is 0.768. The van der Waals surface area contributed by atoms with Crippen molar-refractivity contribution in [2.24, 2.45) is 5.41 Å². The molecule has 1 aromatic rings. The normalized spacial score (nSPS) is 11.3. The summed E-state index contributed by atoms with van der Waals surface area (Å²) in [6, 6.07) is 9.63. The van der Waals surface area contributed by atoms with Gasteiger partial charge < -0.3 is 9.84 Å². The number of aliphatic hydroxyl groups excluding tert-OH is 1. The molecule has 1 N–H and O–H groups in total. The van der Waals surface area contributed by atoms with Crippen LogP contribution in [0.15, 0.2) is 30.3 Å². The van der Waals surface area contributed by atoms with Crippen LogP contribution in [0.2, 0.25) is 0 Å². The molecule has 0 radical (unpaired) electrons. The van der Waals surface area contributed by atoms with Crippen LogP contribution >= 0.6 is 0 Å². The first-order chi connectivity index (χ1) is 6.14. The van der Waals surface area contributed by atoms with Crippen LogP contribution in [0.4, 0.5) is 0 Å². The minimum Gasteiger partial charge on any atom is -0.493 e. The summed E-state index contributed by atoms with van der Waals surface area (Å²) in [7, 11) is 0. The van der Waals surface area contributed by atoms with Crippen LogP contribution in [0, 0.1) is 5.41 Å². The van der Waals surface area contributed by atoms with Crippen molar-refractivity contribution in [3.05, 3.63) is 30.3 Å². The van der Waals surface area contributed by atoms with Gasteiger partial charge in [-0.1, -0.05) is 32.0 Å². The second-order valence-corrected chi connectivity index (χ2v) is 3.92. The van der Waals surface area contributed by atoms with Gasteiger partial charge >= 0.3 is 0 Å². The maximum absolute atomic E-state index is 8.99. The summed E-state index contributed by atoms with van der Waals surface area (Å²) in [4.78, 5) is 0. The Morgan fingerprint density at radius 1 is 1.23 bits per heavy atom. The van der Waals surface area contributed by atoms with Crippen LogP contribution in [-0.2, 0) is 0 Å². The monoisotopic (exact) mass is 180 g/mol. The van der Waals surface area contributed by atoms with Gasteiger partial charge in [-0.15, -0.1) is 0 Å². The summed E-state index contributed by atoms with van der Waals surface area (Å²) >= 11 is 0. The van der Waals surface area contributed by atoms with E-state index in [0.29, 0.717) is 6.61 Å². The minimum atomic E-state index is -0.171. The van der Waals surface area contributed by atoms with Crippen LogP contribution in [0.5, 0.6) is 5.75 Å². The van der Waals surface area contributed by atoms with E-state index in [1.807, 2.05) is 44.2 Å². The van der Waals surface area contributed by atoms with Gasteiger partial charge in [0.15, 0.2) is 0 Å². The number of para-hydroxylation sites is 1. The highest BCUT2D eigenvalue weighted by Crippen LogP contribution is 2.17. The molecule has 13 heavy (non-hydrogen) atoms. The van der Waals surface area contributed by atoms with Gasteiger partial charge in [0.25, 0.3) is 0 Å². The highest BCUT2D eigenvalue weighted by Gasteiger charge is 2.16. The lowest BCUT2D eigenvalue weighted by Gasteiger charge is -2.21. The molecule has 0 atom stereocenters. The van der Waals surface area contributed by atoms with E-state index in [9.17, 15) is 0 Å². The Morgan fingerprint density at radius 2 is 1.85 bits per heavy atom. The molecular formula is C11H16O2. The van der Waals surface area contributed by atoms with Crippen molar-refractivity contribution < 1.29 is 9.84 Å². The predicted octanol–water partition coefficient (Wildman–Crippen LogP) is 2.08. The smallest absolute Gasteiger partial charge is 0.119 e. The second-order valence-electron chi connectivity index (χ2n) is 3.92. The molecule has 2 nitrogen and oxygen atoms in total. The molecule has 1 rings (SSSR count). The molecule has 72 valence electrons. The third kappa shape index (κ3) is 3.47. The minimum absolute atomic E-state index is 0.139. The summed E-state index contributed by atoms with van der Waals surface area (Å²) in [5, 5.41) is 8.99. The van der Waals surface area contributed by atoms with E-state index < -0.39 is 0 Å². The highest BCUT2D eigenvalue weighted by molar-refractivity contribution is 5.20. The van der Waals surface area contributed by atoms with E-state index in [-0.39, 0.29) is 12.0 Å². The zero-order valence-corrected chi connectivity index (χ0v) is 8.16. The van der Waals surface area contributed by atoms with Crippen molar-refractivity contribution in [1.29, 1.82) is 0 Å². The van der Waals surface area contributed by atoms with Crippen molar-refractivity contribution in [1.82, 2.24) is 0 Å². The summed E-state index contributed by atoms with van der Waals surface area (Å²) in [6.07, 6.45) is 0. The topological polar surface area (TPSA) is 29.5 Å². The van der Waals surface area contributed by atoms with Crippen LogP contribution in [-0.4, -0.2) is 18.3 Å². The average Bonchev–Trinajstić information content (AvgIpc) is 2.17. The van der Waals surface area contributed by atoms with Crippen LogP contribution in [0.3, 0.4) is 0 Å². The molecule has 0 aliphatic rings. The predicted molar refractivity (Wildman–Crippen MR) is 52.8 cm³/mol. The van der Waals surface area contributed by atoms with E-state index in [2.05, 4.69) is 0 Å². The van der Waals surface area contributed by atoms with Gasteiger partial charge in [-0.3, -0.25) is 0 Å². The molecule has 0 spiro atoms. The first-order valence-corrected chi connectivity index (χ1v) is 4.43. The first-order valence-electron chi connectivity index (χ1n) is 4.43.